The molecule has 1 saturated heterocycles. The van der Waals surface area contributed by atoms with Crippen LogP contribution in [0.25, 0.3) is 6.08 Å². The van der Waals surface area contributed by atoms with Crippen LogP contribution < -0.4 is 9.47 Å². The lowest BCUT2D eigenvalue weighted by Crippen LogP contribution is -2.29. The van der Waals surface area contributed by atoms with Crippen molar-refractivity contribution in [3.8, 4) is 23.0 Å². The molecular formula is C21H20N2O5S. The third-order valence-corrected chi connectivity index (χ3v) is 5.08. The third kappa shape index (κ3) is 4.38. The Kier molecular flexibility index (Phi) is 6.13. The van der Waals surface area contributed by atoms with Crippen LogP contribution >= 0.6 is 11.8 Å². The number of carbonyl (C=O) groups excluding carboxylic acids is 1. The molecule has 0 aromatic heterocycles. The summed E-state index contributed by atoms with van der Waals surface area (Å²) in [4.78, 5) is 19.4. The topological polar surface area (TPSA) is 91.6 Å². The van der Waals surface area contributed by atoms with Crippen LogP contribution in [0.1, 0.15) is 5.56 Å². The minimum Gasteiger partial charge on any atom is -0.508 e. The monoisotopic (exact) mass is 412 g/mol. The Morgan fingerprint density at radius 1 is 1.14 bits per heavy atom. The lowest BCUT2D eigenvalue weighted by atomic mass is 10.1. The number of aliphatic imine (C=N–C) groups is 1. The van der Waals surface area contributed by atoms with Crippen molar-refractivity contribution in [3.05, 3.63) is 59.5 Å². The molecule has 1 heterocycles. The van der Waals surface area contributed by atoms with Crippen LogP contribution in [0.4, 0.5) is 5.69 Å². The lowest BCUT2D eigenvalue weighted by molar-refractivity contribution is -0.121. The van der Waals surface area contributed by atoms with Crippen molar-refractivity contribution in [1.29, 1.82) is 0 Å². The normalized spacial score (nSPS) is 16.5. The van der Waals surface area contributed by atoms with Crippen molar-refractivity contribution in [3.63, 3.8) is 0 Å². The summed E-state index contributed by atoms with van der Waals surface area (Å²) in [6, 6.07) is 9.62. The molecule has 1 aliphatic heterocycles. The molecule has 2 aromatic carbocycles. The fraction of sp³-hybridized carbons (Fsp3) is 0.143. The second-order valence-corrected chi connectivity index (χ2v) is 7.01. The van der Waals surface area contributed by atoms with Crippen molar-refractivity contribution in [2.45, 2.75) is 0 Å². The van der Waals surface area contributed by atoms with Gasteiger partial charge in [-0.3, -0.25) is 9.69 Å². The molecule has 1 amide bonds. The zero-order valence-corrected chi connectivity index (χ0v) is 16.8. The van der Waals surface area contributed by atoms with Gasteiger partial charge in [0.15, 0.2) is 16.7 Å². The maximum atomic E-state index is 12.9. The average molecular weight is 412 g/mol. The number of hydrogen-bond acceptors (Lipinski definition) is 7. The van der Waals surface area contributed by atoms with E-state index in [0.29, 0.717) is 27.9 Å². The first kappa shape index (κ1) is 20.3. The zero-order valence-electron chi connectivity index (χ0n) is 16.0. The first-order valence-electron chi connectivity index (χ1n) is 8.61. The Morgan fingerprint density at radius 2 is 1.76 bits per heavy atom. The van der Waals surface area contributed by atoms with Gasteiger partial charge < -0.3 is 19.7 Å². The van der Waals surface area contributed by atoms with Gasteiger partial charge in [0.05, 0.1) is 24.8 Å². The molecule has 0 bridgehead atoms. The molecular weight excluding hydrogens is 392 g/mol. The third-order valence-electron chi connectivity index (χ3n) is 4.07. The molecule has 0 unspecified atom stereocenters. The number of hydrogen-bond donors (Lipinski definition) is 2. The number of amidine groups is 1. The summed E-state index contributed by atoms with van der Waals surface area (Å²) in [5.74, 6) is 0.312. The minimum atomic E-state index is -0.210. The number of rotatable bonds is 6. The predicted octanol–water partition coefficient (Wildman–Crippen LogP) is 3.91. The summed E-state index contributed by atoms with van der Waals surface area (Å²) in [7, 11) is 2.88. The first-order chi connectivity index (χ1) is 14.0. The number of phenols is 2. The second-order valence-electron chi connectivity index (χ2n) is 6.00. The molecule has 0 saturated carbocycles. The lowest BCUT2D eigenvalue weighted by Gasteiger charge is -2.12. The van der Waals surface area contributed by atoms with Gasteiger partial charge in [0.1, 0.15) is 5.75 Å². The highest BCUT2D eigenvalue weighted by Crippen LogP contribution is 2.40. The van der Waals surface area contributed by atoms with Gasteiger partial charge in [-0.05, 0) is 59.8 Å². The number of aromatic hydroxyl groups is 2. The van der Waals surface area contributed by atoms with E-state index in [9.17, 15) is 15.0 Å². The van der Waals surface area contributed by atoms with Gasteiger partial charge >= 0.3 is 0 Å². The largest absolute Gasteiger partial charge is 0.508 e. The predicted molar refractivity (Wildman–Crippen MR) is 114 cm³/mol. The Morgan fingerprint density at radius 3 is 2.31 bits per heavy atom. The molecule has 2 aromatic rings. The van der Waals surface area contributed by atoms with Gasteiger partial charge in [0.2, 0.25) is 5.75 Å². The van der Waals surface area contributed by atoms with E-state index in [-0.39, 0.29) is 28.9 Å². The van der Waals surface area contributed by atoms with Crippen LogP contribution in [0, 0.1) is 0 Å². The van der Waals surface area contributed by atoms with Gasteiger partial charge in [-0.2, -0.15) is 0 Å². The number of carbonyl (C=O) groups is 1. The fourth-order valence-electron chi connectivity index (χ4n) is 2.67. The quantitative estimate of drug-likeness (QED) is 0.552. The van der Waals surface area contributed by atoms with Gasteiger partial charge in [-0.25, -0.2) is 4.99 Å². The summed E-state index contributed by atoms with van der Waals surface area (Å²) in [6.45, 7) is 4.01. The van der Waals surface area contributed by atoms with Crippen LogP contribution in [0.15, 0.2) is 59.0 Å². The molecule has 150 valence electrons. The van der Waals surface area contributed by atoms with E-state index in [2.05, 4.69) is 11.6 Å². The van der Waals surface area contributed by atoms with Crippen LogP contribution in [0.3, 0.4) is 0 Å². The Labute approximate surface area is 172 Å². The van der Waals surface area contributed by atoms with E-state index in [1.54, 1.807) is 36.4 Å². The molecule has 7 nitrogen and oxygen atoms in total. The molecule has 8 heteroatoms. The molecule has 0 radical (unpaired) electrons. The fourth-order valence-corrected chi connectivity index (χ4v) is 3.68. The van der Waals surface area contributed by atoms with Crippen LogP contribution in [0.5, 0.6) is 23.0 Å². The SMILES string of the molecule is C=CCN1C(=O)/C(=C/c2cc(OC)c(O)c(OC)c2)SC1=Nc1ccc(O)cc1. The number of ether oxygens (including phenoxy) is 2. The van der Waals surface area contributed by atoms with Crippen molar-refractivity contribution in [2.75, 3.05) is 20.8 Å². The molecule has 0 spiro atoms. The standard InChI is InChI=1S/C21H20N2O5S/c1-4-9-23-20(26)18(29-21(23)22-14-5-7-15(24)8-6-14)12-13-10-16(27-2)19(25)17(11-13)28-3/h4-8,10-12,24-25H,1,9H2,2-3H3/b18-12-,22-21?. The van der Waals surface area contributed by atoms with E-state index in [1.165, 1.54) is 43.0 Å². The van der Waals surface area contributed by atoms with Crippen LogP contribution in [0.2, 0.25) is 0 Å². The maximum absolute atomic E-state index is 12.9. The maximum Gasteiger partial charge on any atom is 0.267 e. The molecule has 0 aliphatic carbocycles. The number of amides is 1. The second kappa shape index (κ2) is 8.74. The summed E-state index contributed by atoms with van der Waals surface area (Å²) in [5.41, 5.74) is 1.25. The van der Waals surface area contributed by atoms with Crippen molar-refractivity contribution in [2.24, 2.45) is 4.99 Å². The molecule has 1 fully saturated rings. The number of phenolic OH excluding ortho intramolecular Hbond substituents is 2. The van der Waals surface area contributed by atoms with Crippen molar-refractivity contribution in [1.82, 2.24) is 4.90 Å². The Bertz CT molecular complexity index is 974. The summed E-state index contributed by atoms with van der Waals surface area (Å²) >= 11 is 1.22. The highest BCUT2D eigenvalue weighted by atomic mass is 32.2. The van der Waals surface area contributed by atoms with Gasteiger partial charge in [0.25, 0.3) is 5.91 Å². The average Bonchev–Trinajstić information content (AvgIpc) is 3.00. The van der Waals surface area contributed by atoms with E-state index in [4.69, 9.17) is 9.47 Å². The number of benzene rings is 2. The molecule has 29 heavy (non-hydrogen) atoms. The molecule has 3 rings (SSSR count). The van der Waals surface area contributed by atoms with Gasteiger partial charge in [-0.1, -0.05) is 6.08 Å². The summed E-state index contributed by atoms with van der Waals surface area (Å²) in [6.07, 6.45) is 3.31. The van der Waals surface area contributed by atoms with E-state index in [1.807, 2.05) is 0 Å². The first-order valence-corrected chi connectivity index (χ1v) is 9.43. The summed E-state index contributed by atoms with van der Waals surface area (Å²) < 4.78 is 10.3. The van der Waals surface area contributed by atoms with Crippen LogP contribution in [-0.2, 0) is 4.79 Å². The summed E-state index contributed by atoms with van der Waals surface area (Å²) in [5, 5.41) is 20.0. The zero-order chi connectivity index (χ0) is 21.0. The van der Waals surface area contributed by atoms with E-state index in [0.717, 1.165) is 0 Å². The number of thioether (sulfide) groups is 1. The van der Waals surface area contributed by atoms with Gasteiger partial charge in [-0.15, -0.1) is 6.58 Å². The van der Waals surface area contributed by atoms with Crippen molar-refractivity contribution >= 4 is 34.6 Å². The highest BCUT2D eigenvalue weighted by Gasteiger charge is 2.32. The molecule has 1 aliphatic rings. The van der Waals surface area contributed by atoms with Gasteiger partial charge in [0, 0.05) is 6.54 Å². The van der Waals surface area contributed by atoms with E-state index >= 15 is 0 Å². The highest BCUT2D eigenvalue weighted by molar-refractivity contribution is 8.18. The Balaban J connectivity index is 1.99. The van der Waals surface area contributed by atoms with Crippen molar-refractivity contribution < 1.29 is 24.5 Å². The smallest absolute Gasteiger partial charge is 0.267 e. The minimum absolute atomic E-state index is 0.106. The van der Waals surface area contributed by atoms with E-state index < -0.39 is 0 Å². The number of nitrogens with zero attached hydrogens (tertiary/aromatic N) is 2. The van der Waals surface area contributed by atoms with Crippen LogP contribution in [-0.4, -0.2) is 47.0 Å². The molecule has 2 N–H and O–H groups in total. The molecule has 0 atom stereocenters. The number of methoxy groups -OCH3 is 2. The Hall–Kier alpha value is -3.39.